The van der Waals surface area contributed by atoms with Crippen LogP contribution in [0.4, 0.5) is 13.2 Å². The summed E-state index contributed by atoms with van der Waals surface area (Å²) in [6.45, 7) is -0.487. The Hall–Kier alpha value is -0.820. The van der Waals surface area contributed by atoms with Crippen LogP contribution < -0.4 is 0 Å². The Morgan fingerprint density at radius 3 is 2.15 bits per heavy atom. The van der Waals surface area contributed by atoms with Crippen LogP contribution in [0.1, 0.15) is 6.42 Å². The van der Waals surface area contributed by atoms with Crippen molar-refractivity contribution >= 4 is 5.97 Å². The van der Waals surface area contributed by atoms with Gasteiger partial charge in [-0.3, -0.25) is 4.79 Å². The zero-order valence-electron chi connectivity index (χ0n) is 6.43. The predicted molar refractivity (Wildman–Crippen MR) is 32.9 cm³/mol. The highest BCUT2D eigenvalue weighted by atomic mass is 19.4. The van der Waals surface area contributed by atoms with Crippen LogP contribution in [-0.2, 0) is 14.3 Å². The second-order valence-electron chi connectivity index (χ2n) is 2.52. The molecule has 76 valence electrons. The van der Waals surface area contributed by atoms with Gasteiger partial charge in [-0.05, 0) is 0 Å². The van der Waals surface area contributed by atoms with E-state index in [-0.39, 0.29) is 13.2 Å². The minimum atomic E-state index is -4.82. The molecule has 4 nitrogen and oxygen atoms in total. The van der Waals surface area contributed by atoms with E-state index in [2.05, 4.69) is 9.47 Å². The van der Waals surface area contributed by atoms with Gasteiger partial charge in [0.25, 0.3) is 5.79 Å². The number of hydrogen-bond acceptors (Lipinski definition) is 3. The molecular weight excluding hydrogens is 193 g/mol. The molecule has 0 aliphatic carbocycles. The van der Waals surface area contributed by atoms with E-state index in [0.717, 1.165) is 0 Å². The number of carbonyl (C=O) groups is 1. The van der Waals surface area contributed by atoms with Crippen molar-refractivity contribution < 1.29 is 32.5 Å². The molecule has 0 saturated carbocycles. The van der Waals surface area contributed by atoms with Crippen LogP contribution in [0.3, 0.4) is 0 Å². The number of ether oxygens (including phenoxy) is 2. The Labute approximate surface area is 71.2 Å². The van der Waals surface area contributed by atoms with Crippen LogP contribution >= 0.6 is 0 Å². The first kappa shape index (κ1) is 10.3. The van der Waals surface area contributed by atoms with E-state index in [9.17, 15) is 18.0 Å². The van der Waals surface area contributed by atoms with E-state index in [1.165, 1.54) is 0 Å². The molecule has 13 heavy (non-hydrogen) atoms. The van der Waals surface area contributed by atoms with Crippen molar-refractivity contribution in [2.24, 2.45) is 0 Å². The van der Waals surface area contributed by atoms with Gasteiger partial charge in [0, 0.05) is 0 Å². The summed E-state index contributed by atoms with van der Waals surface area (Å²) in [7, 11) is 0. The highest BCUT2D eigenvalue weighted by molar-refractivity contribution is 5.68. The Balaban J connectivity index is 2.81. The molecule has 1 N–H and O–H groups in total. The maximum Gasteiger partial charge on any atom is 0.443 e. The van der Waals surface area contributed by atoms with Gasteiger partial charge in [-0.25, -0.2) is 0 Å². The SMILES string of the molecule is O=C(O)CC1(C(F)(F)F)OCCO1. The fourth-order valence-electron chi connectivity index (χ4n) is 1.02. The Morgan fingerprint density at radius 2 is 1.85 bits per heavy atom. The lowest BCUT2D eigenvalue weighted by atomic mass is 10.2. The topological polar surface area (TPSA) is 55.8 Å². The number of hydrogen-bond donors (Lipinski definition) is 1. The number of alkyl halides is 3. The molecule has 1 heterocycles. The van der Waals surface area contributed by atoms with Gasteiger partial charge in [-0.1, -0.05) is 0 Å². The summed E-state index contributed by atoms with van der Waals surface area (Å²) >= 11 is 0. The maximum absolute atomic E-state index is 12.3. The zero-order chi connectivity index (χ0) is 10.1. The molecule has 0 unspecified atom stereocenters. The van der Waals surface area contributed by atoms with Crippen LogP contribution in [0.2, 0.25) is 0 Å². The van der Waals surface area contributed by atoms with Gasteiger partial charge in [-0.15, -0.1) is 0 Å². The molecule has 0 aromatic rings. The molecule has 0 atom stereocenters. The Kier molecular flexibility index (Phi) is 2.49. The van der Waals surface area contributed by atoms with Gasteiger partial charge >= 0.3 is 12.1 Å². The summed E-state index contributed by atoms with van der Waals surface area (Å²) in [6.07, 6.45) is -6.04. The quantitative estimate of drug-likeness (QED) is 0.715. The third-order valence-electron chi connectivity index (χ3n) is 1.57. The molecule has 0 amide bonds. The van der Waals surface area contributed by atoms with E-state index in [1.54, 1.807) is 0 Å². The first-order valence-corrected chi connectivity index (χ1v) is 3.44. The first-order valence-electron chi connectivity index (χ1n) is 3.44. The summed E-state index contributed by atoms with van der Waals surface area (Å²) in [6, 6.07) is 0. The molecule has 0 bridgehead atoms. The number of carboxylic acids is 1. The Morgan fingerprint density at radius 1 is 1.38 bits per heavy atom. The average molecular weight is 200 g/mol. The number of rotatable bonds is 2. The van der Waals surface area contributed by atoms with Gasteiger partial charge in [0.1, 0.15) is 6.42 Å². The molecule has 0 spiro atoms. The van der Waals surface area contributed by atoms with E-state index < -0.39 is 24.4 Å². The summed E-state index contributed by atoms with van der Waals surface area (Å²) in [4.78, 5) is 10.1. The van der Waals surface area contributed by atoms with Gasteiger partial charge in [0.05, 0.1) is 13.2 Å². The fourth-order valence-corrected chi connectivity index (χ4v) is 1.02. The van der Waals surface area contributed by atoms with E-state index in [0.29, 0.717) is 0 Å². The second-order valence-corrected chi connectivity index (χ2v) is 2.52. The highest BCUT2D eigenvalue weighted by Crippen LogP contribution is 2.40. The molecule has 1 aliphatic heterocycles. The maximum atomic E-state index is 12.3. The molecule has 7 heteroatoms. The van der Waals surface area contributed by atoms with Crippen molar-refractivity contribution in [3.63, 3.8) is 0 Å². The molecular formula is C6H7F3O4. The van der Waals surface area contributed by atoms with Crippen LogP contribution in [-0.4, -0.2) is 36.3 Å². The van der Waals surface area contributed by atoms with Crippen LogP contribution in [0.25, 0.3) is 0 Å². The van der Waals surface area contributed by atoms with Crippen molar-refractivity contribution in [2.75, 3.05) is 13.2 Å². The molecule has 1 aliphatic rings. The fraction of sp³-hybridized carbons (Fsp3) is 0.833. The van der Waals surface area contributed by atoms with E-state index in [1.807, 2.05) is 0 Å². The van der Waals surface area contributed by atoms with Crippen molar-refractivity contribution in [1.82, 2.24) is 0 Å². The Bertz CT molecular complexity index is 206. The lowest BCUT2D eigenvalue weighted by Crippen LogP contribution is -2.47. The average Bonchev–Trinajstić information content (AvgIpc) is 2.33. The third-order valence-corrected chi connectivity index (χ3v) is 1.57. The van der Waals surface area contributed by atoms with Gasteiger partial charge in [-0.2, -0.15) is 13.2 Å². The van der Waals surface area contributed by atoms with Crippen molar-refractivity contribution in [2.45, 2.75) is 18.4 Å². The lowest BCUT2D eigenvalue weighted by Gasteiger charge is -2.27. The first-order chi connectivity index (χ1) is 5.87. The normalized spacial score (nSPS) is 21.8. The van der Waals surface area contributed by atoms with E-state index in [4.69, 9.17) is 5.11 Å². The third kappa shape index (κ3) is 1.92. The predicted octanol–water partition coefficient (Wildman–Crippen LogP) is 0.767. The number of carboxylic acid groups (broad SMARTS) is 1. The van der Waals surface area contributed by atoms with Crippen molar-refractivity contribution in [3.05, 3.63) is 0 Å². The molecule has 0 radical (unpaired) electrons. The van der Waals surface area contributed by atoms with Crippen LogP contribution in [0.15, 0.2) is 0 Å². The minimum Gasteiger partial charge on any atom is -0.481 e. The smallest absolute Gasteiger partial charge is 0.443 e. The van der Waals surface area contributed by atoms with Gasteiger partial charge < -0.3 is 14.6 Å². The largest absolute Gasteiger partial charge is 0.481 e. The summed E-state index contributed by atoms with van der Waals surface area (Å²) in [5, 5.41) is 8.24. The van der Waals surface area contributed by atoms with Gasteiger partial charge in [0.15, 0.2) is 0 Å². The highest BCUT2D eigenvalue weighted by Gasteiger charge is 2.61. The van der Waals surface area contributed by atoms with Gasteiger partial charge in [0.2, 0.25) is 0 Å². The molecule has 1 rings (SSSR count). The monoisotopic (exact) mass is 200 g/mol. The molecule has 1 saturated heterocycles. The van der Waals surface area contributed by atoms with E-state index >= 15 is 0 Å². The minimum absolute atomic E-state index is 0.243. The molecule has 0 aromatic carbocycles. The van der Waals surface area contributed by atoms with Crippen LogP contribution in [0, 0.1) is 0 Å². The van der Waals surface area contributed by atoms with Crippen molar-refractivity contribution in [3.8, 4) is 0 Å². The summed E-state index contributed by atoms with van der Waals surface area (Å²) in [5.41, 5.74) is 0. The van der Waals surface area contributed by atoms with Crippen LogP contribution in [0.5, 0.6) is 0 Å². The van der Waals surface area contributed by atoms with Crippen molar-refractivity contribution in [1.29, 1.82) is 0 Å². The second kappa shape index (κ2) is 3.15. The number of halogens is 3. The molecule has 1 fully saturated rings. The summed E-state index contributed by atoms with van der Waals surface area (Å²) < 4.78 is 45.4. The molecule has 0 aromatic heterocycles. The lowest BCUT2D eigenvalue weighted by molar-refractivity contribution is -0.343. The number of aliphatic carboxylic acids is 1. The standard InChI is InChI=1S/C6H7F3O4/c7-6(8,9)5(3-4(10)11)12-1-2-13-5/h1-3H2,(H,10,11). The zero-order valence-corrected chi connectivity index (χ0v) is 6.43. The summed E-state index contributed by atoms with van der Waals surface area (Å²) in [5.74, 6) is -4.56.